The van der Waals surface area contributed by atoms with E-state index in [1.54, 1.807) is 17.0 Å². The Morgan fingerprint density at radius 1 is 1.07 bits per heavy atom. The van der Waals surface area contributed by atoms with E-state index in [-0.39, 0.29) is 30.6 Å². The van der Waals surface area contributed by atoms with Crippen LogP contribution >= 0.6 is 0 Å². The summed E-state index contributed by atoms with van der Waals surface area (Å²) in [6, 6.07) is 8.77. The number of carbonyl (C=O) groups is 1. The second-order valence-electron chi connectivity index (χ2n) is 7.53. The number of rotatable bonds is 4. The van der Waals surface area contributed by atoms with Gasteiger partial charge in [0.25, 0.3) is 0 Å². The van der Waals surface area contributed by atoms with Gasteiger partial charge in [0.05, 0.1) is 12.6 Å². The van der Waals surface area contributed by atoms with E-state index in [9.17, 15) is 18.7 Å². The number of piperidine rings is 1. The molecule has 1 amide bonds. The van der Waals surface area contributed by atoms with E-state index in [4.69, 9.17) is 0 Å². The van der Waals surface area contributed by atoms with Crippen molar-refractivity contribution in [2.75, 3.05) is 13.1 Å². The minimum absolute atomic E-state index is 0.0681. The summed E-state index contributed by atoms with van der Waals surface area (Å²) in [5.41, 5.74) is 1.46. The fourth-order valence-electron chi connectivity index (χ4n) is 4.04. The highest BCUT2D eigenvalue weighted by Crippen LogP contribution is 2.30. The first-order valence-corrected chi connectivity index (χ1v) is 9.25. The lowest BCUT2D eigenvalue weighted by Gasteiger charge is -2.32. The summed E-state index contributed by atoms with van der Waals surface area (Å²) in [5.74, 6) is -0.286. The van der Waals surface area contributed by atoms with Crippen LogP contribution in [0.2, 0.25) is 0 Å². The van der Waals surface area contributed by atoms with Gasteiger partial charge in [-0.2, -0.15) is 0 Å². The van der Waals surface area contributed by atoms with E-state index in [1.165, 1.54) is 24.3 Å². The molecule has 1 saturated heterocycles. The summed E-state index contributed by atoms with van der Waals surface area (Å²) in [4.78, 5) is 13.8. The molecule has 0 spiro atoms. The molecule has 3 aromatic rings. The SMILES string of the molecule is C[C@@H]1CCC(=O)N(C[C@H](O)Cn2c3ccc(F)cc3c3cc(F)ccc32)C1. The van der Waals surface area contributed by atoms with Crippen molar-refractivity contribution in [3.05, 3.63) is 48.0 Å². The number of aliphatic hydroxyl groups excluding tert-OH is 1. The second kappa shape index (κ2) is 6.93. The molecule has 2 aromatic carbocycles. The fourth-order valence-corrected chi connectivity index (χ4v) is 4.04. The molecule has 6 heteroatoms. The molecule has 1 aliphatic heterocycles. The molecule has 1 aliphatic rings. The molecule has 1 N–H and O–H groups in total. The monoisotopic (exact) mass is 372 g/mol. The van der Waals surface area contributed by atoms with E-state index in [0.29, 0.717) is 29.7 Å². The highest BCUT2D eigenvalue weighted by molar-refractivity contribution is 6.08. The first-order chi connectivity index (χ1) is 12.9. The normalized spacial score (nSPS) is 19.2. The van der Waals surface area contributed by atoms with Crippen LogP contribution in [0.5, 0.6) is 0 Å². The van der Waals surface area contributed by atoms with Crippen molar-refractivity contribution >= 4 is 27.7 Å². The first kappa shape index (κ1) is 17.9. The number of hydrogen-bond donors (Lipinski definition) is 1. The van der Waals surface area contributed by atoms with Gasteiger partial charge < -0.3 is 14.6 Å². The van der Waals surface area contributed by atoms with Crippen molar-refractivity contribution in [3.63, 3.8) is 0 Å². The second-order valence-corrected chi connectivity index (χ2v) is 7.53. The number of likely N-dealkylation sites (tertiary alicyclic amines) is 1. The number of nitrogens with zero attached hydrogens (tertiary/aromatic N) is 2. The van der Waals surface area contributed by atoms with Gasteiger partial charge in [0.2, 0.25) is 5.91 Å². The summed E-state index contributed by atoms with van der Waals surface area (Å²) in [6.45, 7) is 3.25. The largest absolute Gasteiger partial charge is 0.389 e. The zero-order valence-corrected chi connectivity index (χ0v) is 15.2. The Hall–Kier alpha value is -2.47. The quantitative estimate of drug-likeness (QED) is 0.759. The Balaban J connectivity index is 1.67. The Bertz CT molecular complexity index is 955. The molecule has 142 valence electrons. The molecule has 1 fully saturated rings. The highest BCUT2D eigenvalue weighted by atomic mass is 19.1. The van der Waals surface area contributed by atoms with Crippen LogP contribution in [-0.2, 0) is 11.3 Å². The average molecular weight is 372 g/mol. The third kappa shape index (κ3) is 3.41. The predicted octanol–water partition coefficient (Wildman–Crippen LogP) is 3.69. The van der Waals surface area contributed by atoms with Gasteiger partial charge in [-0.1, -0.05) is 6.92 Å². The maximum absolute atomic E-state index is 13.7. The van der Waals surface area contributed by atoms with E-state index < -0.39 is 6.10 Å². The van der Waals surface area contributed by atoms with Gasteiger partial charge in [-0.15, -0.1) is 0 Å². The minimum Gasteiger partial charge on any atom is -0.389 e. The molecule has 0 unspecified atom stereocenters. The van der Waals surface area contributed by atoms with Crippen LogP contribution in [0.1, 0.15) is 19.8 Å². The molecule has 0 saturated carbocycles. The van der Waals surface area contributed by atoms with Gasteiger partial charge in [0, 0.05) is 41.3 Å². The van der Waals surface area contributed by atoms with Crippen LogP contribution < -0.4 is 0 Å². The van der Waals surface area contributed by atoms with Crippen molar-refractivity contribution in [3.8, 4) is 0 Å². The Kier molecular flexibility index (Phi) is 4.60. The lowest BCUT2D eigenvalue weighted by atomic mass is 9.99. The molecule has 2 atom stereocenters. The van der Waals surface area contributed by atoms with Crippen molar-refractivity contribution in [2.24, 2.45) is 5.92 Å². The standard InChI is InChI=1S/C21H22F2N2O2/c1-13-2-7-21(27)24(10-13)11-16(26)12-25-19-5-3-14(22)8-17(19)18-9-15(23)4-6-20(18)25/h3-6,8-9,13,16,26H,2,7,10-12H2,1H3/t13-,16+/m1/s1. The molecule has 0 bridgehead atoms. The van der Waals surface area contributed by atoms with Gasteiger partial charge in [-0.05, 0) is 48.7 Å². The maximum Gasteiger partial charge on any atom is 0.222 e. The number of fused-ring (bicyclic) bond motifs is 3. The number of halogens is 2. The Labute approximate surface area is 156 Å². The number of β-amino-alcohol motifs (C(OH)–C–C–N with tert-alkyl or cyclic N) is 1. The Morgan fingerprint density at radius 2 is 1.67 bits per heavy atom. The number of carbonyl (C=O) groups excluding carboxylic acids is 1. The van der Waals surface area contributed by atoms with Crippen LogP contribution in [0.3, 0.4) is 0 Å². The lowest BCUT2D eigenvalue weighted by Crippen LogP contribution is -2.44. The van der Waals surface area contributed by atoms with Crippen LogP contribution in [0.25, 0.3) is 21.8 Å². The molecular weight excluding hydrogens is 350 g/mol. The molecule has 27 heavy (non-hydrogen) atoms. The lowest BCUT2D eigenvalue weighted by molar-refractivity contribution is -0.136. The number of aliphatic hydroxyl groups is 1. The van der Waals surface area contributed by atoms with Gasteiger partial charge in [0.15, 0.2) is 0 Å². The molecule has 0 aliphatic carbocycles. The molecule has 0 radical (unpaired) electrons. The van der Waals surface area contributed by atoms with Crippen LogP contribution in [0.15, 0.2) is 36.4 Å². The molecular formula is C21H22F2N2O2. The van der Waals surface area contributed by atoms with Crippen molar-refractivity contribution in [2.45, 2.75) is 32.4 Å². The van der Waals surface area contributed by atoms with Crippen molar-refractivity contribution in [1.29, 1.82) is 0 Å². The van der Waals surface area contributed by atoms with Crippen LogP contribution in [0, 0.1) is 17.6 Å². The highest BCUT2D eigenvalue weighted by Gasteiger charge is 2.25. The van der Waals surface area contributed by atoms with E-state index in [0.717, 1.165) is 17.5 Å². The Morgan fingerprint density at radius 3 is 2.26 bits per heavy atom. The third-order valence-corrected chi connectivity index (χ3v) is 5.35. The van der Waals surface area contributed by atoms with Crippen LogP contribution in [-0.4, -0.2) is 39.7 Å². The smallest absolute Gasteiger partial charge is 0.222 e. The summed E-state index contributed by atoms with van der Waals surface area (Å²) in [5, 5.41) is 11.9. The van der Waals surface area contributed by atoms with Crippen molar-refractivity contribution < 1.29 is 18.7 Å². The fraction of sp³-hybridized carbons (Fsp3) is 0.381. The number of benzene rings is 2. The van der Waals surface area contributed by atoms with E-state index in [1.807, 2.05) is 4.57 Å². The van der Waals surface area contributed by atoms with E-state index in [2.05, 4.69) is 6.92 Å². The topological polar surface area (TPSA) is 45.5 Å². The molecule has 4 rings (SSSR count). The van der Waals surface area contributed by atoms with Gasteiger partial charge in [-0.25, -0.2) is 8.78 Å². The summed E-state index contributed by atoms with van der Waals surface area (Å²) in [7, 11) is 0. The van der Waals surface area contributed by atoms with Gasteiger partial charge in [-0.3, -0.25) is 4.79 Å². The van der Waals surface area contributed by atoms with Gasteiger partial charge >= 0.3 is 0 Å². The number of aromatic nitrogens is 1. The zero-order chi connectivity index (χ0) is 19.1. The average Bonchev–Trinajstić information content (AvgIpc) is 2.90. The zero-order valence-electron chi connectivity index (χ0n) is 15.2. The summed E-state index contributed by atoms with van der Waals surface area (Å²) in [6.07, 6.45) is 0.630. The summed E-state index contributed by atoms with van der Waals surface area (Å²) < 4.78 is 29.3. The minimum atomic E-state index is -0.770. The maximum atomic E-state index is 13.7. The van der Waals surface area contributed by atoms with Crippen LogP contribution in [0.4, 0.5) is 8.78 Å². The first-order valence-electron chi connectivity index (χ1n) is 9.25. The molecule has 2 heterocycles. The number of hydrogen-bond acceptors (Lipinski definition) is 2. The van der Waals surface area contributed by atoms with E-state index >= 15 is 0 Å². The summed E-state index contributed by atoms with van der Waals surface area (Å²) >= 11 is 0. The molecule has 4 nitrogen and oxygen atoms in total. The number of amides is 1. The van der Waals surface area contributed by atoms with Gasteiger partial charge in [0.1, 0.15) is 11.6 Å². The predicted molar refractivity (Wildman–Crippen MR) is 100 cm³/mol. The third-order valence-electron chi connectivity index (χ3n) is 5.35. The van der Waals surface area contributed by atoms with Crippen molar-refractivity contribution in [1.82, 2.24) is 9.47 Å². The molecule has 1 aromatic heterocycles.